The Bertz CT molecular complexity index is 808. The molecule has 27 heavy (non-hydrogen) atoms. The molecule has 1 aromatic rings. The van der Waals surface area contributed by atoms with Gasteiger partial charge in [0.25, 0.3) is 0 Å². The number of halogens is 3. The van der Waals surface area contributed by atoms with Crippen LogP contribution in [0.3, 0.4) is 0 Å². The highest BCUT2D eigenvalue weighted by Gasteiger charge is 2.60. The lowest BCUT2D eigenvalue weighted by molar-refractivity contribution is -0.163. The van der Waals surface area contributed by atoms with Gasteiger partial charge in [0.05, 0.1) is 5.56 Å². The first kappa shape index (κ1) is 19.4. The summed E-state index contributed by atoms with van der Waals surface area (Å²) in [5, 5.41) is 4.91. The van der Waals surface area contributed by atoms with Gasteiger partial charge in [-0.15, -0.1) is 0 Å². The van der Waals surface area contributed by atoms with E-state index in [0.29, 0.717) is 6.42 Å². The summed E-state index contributed by atoms with van der Waals surface area (Å²) >= 11 is 0. The van der Waals surface area contributed by atoms with Gasteiger partial charge >= 0.3 is 6.18 Å². The van der Waals surface area contributed by atoms with E-state index < -0.39 is 45.7 Å². The van der Waals surface area contributed by atoms with E-state index in [9.17, 15) is 27.6 Å². The first-order chi connectivity index (χ1) is 12.3. The van der Waals surface area contributed by atoms with E-state index in [4.69, 9.17) is 0 Å². The van der Waals surface area contributed by atoms with Crippen LogP contribution in [0.5, 0.6) is 0 Å². The Morgan fingerprint density at radius 3 is 2.11 bits per heavy atom. The third kappa shape index (κ3) is 3.33. The molecule has 1 saturated heterocycles. The number of carbonyl (C=O) groups is 3. The molecule has 2 N–H and O–H groups in total. The summed E-state index contributed by atoms with van der Waals surface area (Å²) in [7, 11) is 0. The van der Waals surface area contributed by atoms with Crippen molar-refractivity contribution in [1.82, 2.24) is 5.32 Å². The summed E-state index contributed by atoms with van der Waals surface area (Å²) in [6.07, 6.45) is -3.76. The molecule has 1 aliphatic heterocycles. The van der Waals surface area contributed by atoms with Crippen LogP contribution in [0.2, 0.25) is 0 Å². The predicted octanol–water partition coefficient (Wildman–Crippen LogP) is 3.50. The number of hydrogen-bond donors (Lipinski definition) is 2. The molecule has 1 heterocycles. The molecule has 1 saturated carbocycles. The number of amides is 3. The van der Waals surface area contributed by atoms with E-state index in [-0.39, 0.29) is 18.5 Å². The fourth-order valence-electron chi connectivity index (χ4n) is 4.71. The molecule has 0 radical (unpaired) electrons. The molecule has 5 nitrogen and oxygen atoms in total. The Morgan fingerprint density at radius 2 is 1.59 bits per heavy atom. The van der Waals surface area contributed by atoms with Crippen molar-refractivity contribution < 1.29 is 27.6 Å². The lowest BCUT2D eigenvalue weighted by atomic mass is 9.52. The van der Waals surface area contributed by atoms with Gasteiger partial charge in [-0.25, -0.2) is 0 Å². The van der Waals surface area contributed by atoms with Crippen LogP contribution in [0.25, 0.3) is 0 Å². The number of benzene rings is 1. The molecular formula is C19H21F3N2O3. The van der Waals surface area contributed by atoms with Gasteiger partial charge in [-0.05, 0) is 37.5 Å². The van der Waals surface area contributed by atoms with Crippen LogP contribution in [0, 0.1) is 16.2 Å². The minimum absolute atomic E-state index is 0.0258. The molecule has 0 aromatic heterocycles. The molecule has 3 rings (SSSR count). The third-order valence-corrected chi connectivity index (χ3v) is 5.66. The van der Waals surface area contributed by atoms with Crippen LogP contribution in [-0.4, -0.2) is 17.7 Å². The lowest BCUT2D eigenvalue weighted by Gasteiger charge is -2.53. The van der Waals surface area contributed by atoms with E-state index in [2.05, 4.69) is 10.6 Å². The average molecular weight is 382 g/mol. The van der Waals surface area contributed by atoms with Crippen molar-refractivity contribution in [2.45, 2.75) is 46.2 Å². The first-order valence-electron chi connectivity index (χ1n) is 8.62. The summed E-state index contributed by atoms with van der Waals surface area (Å²) < 4.78 is 38.7. The Balaban J connectivity index is 1.88. The second kappa shape index (κ2) is 5.81. The number of alkyl halides is 3. The van der Waals surface area contributed by atoms with Crippen molar-refractivity contribution in [2.24, 2.45) is 16.2 Å². The van der Waals surface area contributed by atoms with Gasteiger partial charge in [0.1, 0.15) is 0 Å². The van der Waals surface area contributed by atoms with Gasteiger partial charge in [0.2, 0.25) is 17.7 Å². The van der Waals surface area contributed by atoms with E-state index >= 15 is 0 Å². The van der Waals surface area contributed by atoms with Crippen LogP contribution in [0.4, 0.5) is 18.9 Å². The van der Waals surface area contributed by atoms with Crippen molar-refractivity contribution in [1.29, 1.82) is 0 Å². The largest absolute Gasteiger partial charge is 0.416 e. The Labute approximate surface area is 154 Å². The van der Waals surface area contributed by atoms with E-state index in [1.807, 2.05) is 0 Å². The second-order valence-corrected chi connectivity index (χ2v) is 8.53. The Hall–Kier alpha value is -2.38. The zero-order valence-electron chi connectivity index (χ0n) is 15.3. The molecule has 1 aliphatic carbocycles. The van der Waals surface area contributed by atoms with Crippen LogP contribution >= 0.6 is 0 Å². The molecule has 1 aromatic carbocycles. The molecule has 8 heteroatoms. The fourth-order valence-corrected chi connectivity index (χ4v) is 4.71. The van der Waals surface area contributed by atoms with Gasteiger partial charge in [-0.3, -0.25) is 19.7 Å². The van der Waals surface area contributed by atoms with Crippen LogP contribution in [-0.2, 0) is 20.6 Å². The normalized spacial score (nSPS) is 33.4. The number of anilines is 1. The monoisotopic (exact) mass is 382 g/mol. The number of rotatable bonds is 2. The van der Waals surface area contributed by atoms with Crippen molar-refractivity contribution in [3.05, 3.63) is 29.8 Å². The highest BCUT2D eigenvalue weighted by Crippen LogP contribution is 2.56. The highest BCUT2D eigenvalue weighted by atomic mass is 19.4. The average Bonchev–Trinajstić information content (AvgIpc) is 2.52. The molecule has 2 atom stereocenters. The zero-order chi connectivity index (χ0) is 20.3. The predicted molar refractivity (Wildman–Crippen MR) is 91.4 cm³/mol. The van der Waals surface area contributed by atoms with Crippen molar-refractivity contribution in [3.63, 3.8) is 0 Å². The number of hydrogen-bond acceptors (Lipinski definition) is 3. The van der Waals surface area contributed by atoms with Crippen molar-refractivity contribution >= 4 is 23.4 Å². The quantitative estimate of drug-likeness (QED) is 0.769. The van der Waals surface area contributed by atoms with Crippen LogP contribution < -0.4 is 10.6 Å². The zero-order valence-corrected chi connectivity index (χ0v) is 15.3. The van der Waals surface area contributed by atoms with E-state index in [1.54, 1.807) is 20.8 Å². The van der Waals surface area contributed by atoms with Gasteiger partial charge in [0.15, 0.2) is 0 Å². The minimum Gasteiger partial charge on any atom is -0.326 e. The van der Waals surface area contributed by atoms with E-state index in [1.165, 1.54) is 12.1 Å². The molecule has 2 bridgehead atoms. The molecule has 3 amide bonds. The summed E-state index contributed by atoms with van der Waals surface area (Å²) in [4.78, 5) is 37.6. The van der Waals surface area contributed by atoms with Gasteiger partial charge in [-0.2, -0.15) is 13.2 Å². The molecule has 0 spiro atoms. The van der Waals surface area contributed by atoms with Gasteiger partial charge in [0, 0.05) is 21.9 Å². The maximum atomic E-state index is 12.9. The summed E-state index contributed by atoms with van der Waals surface area (Å²) in [6.45, 7) is 5.07. The Kier molecular flexibility index (Phi) is 4.17. The second-order valence-electron chi connectivity index (χ2n) is 8.53. The summed E-state index contributed by atoms with van der Waals surface area (Å²) in [5.41, 5.74) is -3.68. The standard InChI is InChI=1S/C19H21F3N2O3/c1-16(8-17(2)10-18(3,9-16)15(27)24-14(17)26)13(25)23-12-6-4-5-11(7-12)19(20,21)22/h4-7H,8-10H2,1-3H3,(H,23,25)(H,24,26,27). The molecule has 146 valence electrons. The summed E-state index contributed by atoms with van der Waals surface area (Å²) in [5.74, 6) is -1.33. The highest BCUT2D eigenvalue weighted by molar-refractivity contribution is 6.05. The smallest absolute Gasteiger partial charge is 0.326 e. The molecule has 2 fully saturated rings. The first-order valence-corrected chi connectivity index (χ1v) is 8.62. The maximum absolute atomic E-state index is 12.9. The number of carbonyl (C=O) groups excluding carboxylic acids is 3. The number of fused-ring (bicyclic) bond motifs is 2. The number of piperidine rings is 1. The number of nitrogens with one attached hydrogen (secondary N) is 2. The molecule has 2 aliphatic rings. The van der Waals surface area contributed by atoms with Crippen LogP contribution in [0.1, 0.15) is 45.6 Å². The SMILES string of the molecule is CC12CC(C)(CC(C)(C(=O)Nc3cccc(C(F)(F)F)c3)C1)C(=O)NC2=O. The molecular weight excluding hydrogens is 361 g/mol. The minimum atomic E-state index is -4.52. The maximum Gasteiger partial charge on any atom is 0.416 e. The van der Waals surface area contributed by atoms with Gasteiger partial charge < -0.3 is 5.32 Å². The van der Waals surface area contributed by atoms with Gasteiger partial charge in [-0.1, -0.05) is 26.8 Å². The van der Waals surface area contributed by atoms with Crippen LogP contribution in [0.15, 0.2) is 24.3 Å². The fraction of sp³-hybridized carbons (Fsp3) is 0.526. The third-order valence-electron chi connectivity index (χ3n) is 5.66. The topological polar surface area (TPSA) is 75.3 Å². The van der Waals surface area contributed by atoms with Crippen molar-refractivity contribution in [3.8, 4) is 0 Å². The number of imide groups is 1. The van der Waals surface area contributed by atoms with Crippen molar-refractivity contribution in [2.75, 3.05) is 5.32 Å². The van der Waals surface area contributed by atoms with E-state index in [0.717, 1.165) is 12.1 Å². The molecule has 2 unspecified atom stereocenters. The summed E-state index contributed by atoms with van der Waals surface area (Å²) in [6, 6.07) is 4.39. The lowest BCUT2D eigenvalue weighted by Crippen LogP contribution is -2.63. The Morgan fingerprint density at radius 1 is 1.04 bits per heavy atom.